The molecule has 0 radical (unpaired) electrons. The van der Waals surface area contributed by atoms with Crippen molar-refractivity contribution in [3.63, 3.8) is 0 Å². The normalized spacial score (nSPS) is 12.3. The monoisotopic (exact) mass is 423 g/mol. The van der Waals surface area contributed by atoms with Gasteiger partial charge in [0.2, 0.25) is 5.91 Å². The SMILES string of the molecule is CCC(C)c1ccc(Cn2c(CNC(=O)/C=C\c3ccccc3)nc3ccccc32)cc1. The van der Waals surface area contributed by atoms with E-state index in [1.54, 1.807) is 6.08 Å². The molecule has 0 saturated heterocycles. The summed E-state index contributed by atoms with van der Waals surface area (Å²) >= 11 is 0. The van der Waals surface area contributed by atoms with Gasteiger partial charge in [0.15, 0.2) is 0 Å². The molecular weight excluding hydrogens is 394 g/mol. The predicted octanol–water partition coefficient (Wildman–Crippen LogP) is 5.93. The average Bonchev–Trinajstić information content (AvgIpc) is 3.19. The second-order valence-corrected chi connectivity index (χ2v) is 8.12. The quantitative estimate of drug-likeness (QED) is 0.357. The van der Waals surface area contributed by atoms with E-state index in [0.29, 0.717) is 19.0 Å². The van der Waals surface area contributed by atoms with E-state index in [1.165, 1.54) is 11.1 Å². The van der Waals surface area contributed by atoms with Gasteiger partial charge in [-0.25, -0.2) is 4.98 Å². The molecule has 1 unspecified atom stereocenters. The van der Waals surface area contributed by atoms with Crippen LogP contribution in [0.3, 0.4) is 0 Å². The lowest BCUT2D eigenvalue weighted by Crippen LogP contribution is -2.23. The van der Waals surface area contributed by atoms with Crippen LogP contribution in [0.25, 0.3) is 17.1 Å². The molecule has 0 saturated carbocycles. The molecule has 4 aromatic rings. The van der Waals surface area contributed by atoms with Crippen molar-refractivity contribution in [2.24, 2.45) is 0 Å². The van der Waals surface area contributed by atoms with Gasteiger partial charge in [0.05, 0.1) is 17.6 Å². The Hall–Kier alpha value is -3.66. The van der Waals surface area contributed by atoms with Gasteiger partial charge in [0.1, 0.15) is 5.82 Å². The van der Waals surface area contributed by atoms with Crippen molar-refractivity contribution in [3.8, 4) is 0 Å². The lowest BCUT2D eigenvalue weighted by molar-refractivity contribution is -0.116. The van der Waals surface area contributed by atoms with Gasteiger partial charge in [-0.3, -0.25) is 4.79 Å². The minimum absolute atomic E-state index is 0.134. The Balaban J connectivity index is 1.51. The number of fused-ring (bicyclic) bond motifs is 1. The zero-order valence-corrected chi connectivity index (χ0v) is 18.7. The van der Waals surface area contributed by atoms with Crippen molar-refractivity contribution in [2.45, 2.75) is 39.3 Å². The van der Waals surface area contributed by atoms with E-state index in [9.17, 15) is 4.79 Å². The van der Waals surface area contributed by atoms with Crippen LogP contribution in [0.5, 0.6) is 0 Å². The zero-order chi connectivity index (χ0) is 22.3. The van der Waals surface area contributed by atoms with Crippen LogP contribution in [0, 0.1) is 0 Å². The maximum absolute atomic E-state index is 12.4. The molecule has 0 aliphatic heterocycles. The van der Waals surface area contributed by atoms with Crippen molar-refractivity contribution >= 4 is 23.0 Å². The molecule has 1 heterocycles. The fourth-order valence-electron chi connectivity index (χ4n) is 3.77. The topological polar surface area (TPSA) is 46.9 Å². The summed E-state index contributed by atoms with van der Waals surface area (Å²) in [6, 6.07) is 26.7. The maximum Gasteiger partial charge on any atom is 0.244 e. The number of rotatable bonds is 8. The third kappa shape index (κ3) is 5.14. The molecule has 162 valence electrons. The predicted molar refractivity (Wildman–Crippen MR) is 131 cm³/mol. The first-order valence-electron chi connectivity index (χ1n) is 11.2. The van der Waals surface area contributed by atoms with E-state index < -0.39 is 0 Å². The molecule has 1 atom stereocenters. The molecular formula is C28H29N3O. The van der Waals surface area contributed by atoms with Gasteiger partial charge < -0.3 is 9.88 Å². The molecule has 4 heteroatoms. The standard InChI is InChI=1S/C28H29N3O/c1-3-21(2)24-16-13-23(14-17-24)20-31-26-12-8-7-11-25(26)30-27(31)19-29-28(32)18-15-22-9-5-4-6-10-22/h4-18,21H,3,19-20H2,1-2H3,(H,29,32)/b18-15-. The number of nitrogens with zero attached hydrogens (tertiary/aromatic N) is 2. The molecule has 0 fully saturated rings. The van der Waals surface area contributed by atoms with E-state index in [1.807, 2.05) is 54.6 Å². The summed E-state index contributed by atoms with van der Waals surface area (Å²) in [6.45, 7) is 5.56. The molecule has 1 aromatic heterocycles. The number of carbonyl (C=O) groups excluding carboxylic acids is 1. The third-order valence-corrected chi connectivity index (χ3v) is 5.88. The Labute approximate surface area is 189 Å². The third-order valence-electron chi connectivity index (χ3n) is 5.88. The van der Waals surface area contributed by atoms with E-state index in [4.69, 9.17) is 4.98 Å². The number of aromatic nitrogens is 2. The molecule has 3 aromatic carbocycles. The molecule has 0 spiro atoms. The number of hydrogen-bond acceptors (Lipinski definition) is 2. The second kappa shape index (κ2) is 10.1. The zero-order valence-electron chi connectivity index (χ0n) is 18.7. The van der Waals surface area contributed by atoms with Crippen molar-refractivity contribution < 1.29 is 4.79 Å². The maximum atomic E-state index is 12.4. The fourth-order valence-corrected chi connectivity index (χ4v) is 3.77. The summed E-state index contributed by atoms with van der Waals surface area (Å²) in [4.78, 5) is 17.2. The van der Waals surface area contributed by atoms with E-state index in [0.717, 1.165) is 28.8 Å². The number of carbonyl (C=O) groups is 1. The van der Waals surface area contributed by atoms with Crippen LogP contribution < -0.4 is 5.32 Å². The Morgan fingerprint density at radius 3 is 2.47 bits per heavy atom. The second-order valence-electron chi connectivity index (χ2n) is 8.12. The van der Waals surface area contributed by atoms with Crippen molar-refractivity contribution in [2.75, 3.05) is 0 Å². The summed E-state index contributed by atoms with van der Waals surface area (Å²) < 4.78 is 2.19. The first-order chi connectivity index (χ1) is 15.6. The summed E-state index contributed by atoms with van der Waals surface area (Å²) in [7, 11) is 0. The molecule has 4 rings (SSSR count). The fraction of sp³-hybridized carbons (Fsp3) is 0.214. The summed E-state index contributed by atoms with van der Waals surface area (Å²) in [6.07, 6.45) is 4.52. The number of imidazole rings is 1. The minimum atomic E-state index is -0.134. The molecule has 4 nitrogen and oxygen atoms in total. The number of hydrogen-bond donors (Lipinski definition) is 1. The van der Waals surface area contributed by atoms with Crippen molar-refractivity contribution in [3.05, 3.63) is 107 Å². The molecule has 0 aliphatic carbocycles. The largest absolute Gasteiger partial charge is 0.345 e. The summed E-state index contributed by atoms with van der Waals surface area (Å²) in [5.74, 6) is 1.27. The van der Waals surface area contributed by atoms with Gasteiger partial charge in [0, 0.05) is 12.6 Å². The number of nitrogens with one attached hydrogen (secondary N) is 1. The lowest BCUT2D eigenvalue weighted by atomic mass is 9.98. The van der Waals surface area contributed by atoms with Gasteiger partial charge in [-0.15, -0.1) is 0 Å². The molecule has 32 heavy (non-hydrogen) atoms. The first kappa shape index (κ1) is 21.6. The van der Waals surface area contributed by atoms with Crippen LogP contribution in [0.2, 0.25) is 0 Å². The van der Waals surface area contributed by atoms with Gasteiger partial charge in [-0.2, -0.15) is 0 Å². The summed E-state index contributed by atoms with van der Waals surface area (Å²) in [5, 5.41) is 2.98. The Kier molecular flexibility index (Phi) is 6.81. The van der Waals surface area contributed by atoms with Gasteiger partial charge in [-0.05, 0) is 47.2 Å². The van der Waals surface area contributed by atoms with Crippen LogP contribution in [0.15, 0.2) is 84.9 Å². The first-order valence-corrected chi connectivity index (χ1v) is 11.2. The molecule has 1 amide bonds. The Bertz CT molecular complexity index is 1210. The van der Waals surface area contributed by atoms with Crippen LogP contribution in [0.4, 0.5) is 0 Å². The van der Waals surface area contributed by atoms with Gasteiger partial charge >= 0.3 is 0 Å². The Morgan fingerprint density at radius 1 is 1.00 bits per heavy atom. The smallest absolute Gasteiger partial charge is 0.244 e. The van der Waals surface area contributed by atoms with Crippen LogP contribution >= 0.6 is 0 Å². The van der Waals surface area contributed by atoms with E-state index >= 15 is 0 Å². The highest BCUT2D eigenvalue weighted by molar-refractivity contribution is 5.91. The van der Waals surface area contributed by atoms with Crippen LogP contribution in [0.1, 0.15) is 48.7 Å². The van der Waals surface area contributed by atoms with Gasteiger partial charge in [-0.1, -0.05) is 80.6 Å². The van der Waals surface area contributed by atoms with Crippen molar-refractivity contribution in [1.82, 2.24) is 14.9 Å². The number of para-hydroxylation sites is 2. The molecule has 1 N–H and O–H groups in total. The number of amides is 1. The highest BCUT2D eigenvalue weighted by atomic mass is 16.1. The van der Waals surface area contributed by atoms with Crippen LogP contribution in [-0.4, -0.2) is 15.5 Å². The Morgan fingerprint density at radius 2 is 1.72 bits per heavy atom. The van der Waals surface area contributed by atoms with E-state index in [-0.39, 0.29) is 5.91 Å². The highest BCUT2D eigenvalue weighted by Gasteiger charge is 2.12. The average molecular weight is 424 g/mol. The van der Waals surface area contributed by atoms with Crippen molar-refractivity contribution in [1.29, 1.82) is 0 Å². The molecule has 0 aliphatic rings. The lowest BCUT2D eigenvalue weighted by Gasteiger charge is -2.12. The van der Waals surface area contributed by atoms with E-state index in [2.05, 4.69) is 54.1 Å². The molecule has 0 bridgehead atoms. The number of benzene rings is 3. The van der Waals surface area contributed by atoms with Crippen LogP contribution in [-0.2, 0) is 17.9 Å². The summed E-state index contributed by atoms with van der Waals surface area (Å²) in [5.41, 5.74) is 5.59. The minimum Gasteiger partial charge on any atom is -0.345 e. The highest BCUT2D eigenvalue weighted by Crippen LogP contribution is 2.21. The van der Waals surface area contributed by atoms with Gasteiger partial charge in [0.25, 0.3) is 0 Å².